The Bertz CT molecular complexity index is 1510. The molecule has 0 radical (unpaired) electrons. The number of sulfonamides is 2. The molecule has 3 aromatic rings. The summed E-state index contributed by atoms with van der Waals surface area (Å²) in [6.45, 7) is 3.21. The monoisotopic (exact) mass is 628 g/mol. The molecular formula is C26H30Cl2N4O4S3. The minimum atomic E-state index is -4.04. The summed E-state index contributed by atoms with van der Waals surface area (Å²) < 4.78 is 55.8. The standard InChI is InChI=1S/C26H30Cl2N4O4S3/c1-2-3-5-8-23-24(18-29-26(30-23)31-38(33,34)25-14-9-19(27)17-22(25)28)37-20-10-12-21(13-11-20)39(35,36)32-15-6-4-7-16-32/h9-14,17-18H,2-8,15-16H2,1H3,(H,29,30,31). The van der Waals surface area contributed by atoms with Crippen molar-refractivity contribution in [1.82, 2.24) is 14.3 Å². The fraction of sp³-hybridized carbons (Fsp3) is 0.385. The van der Waals surface area contributed by atoms with Crippen LogP contribution < -0.4 is 4.72 Å². The number of aryl methyl sites for hydroxylation is 1. The number of hydrogen-bond acceptors (Lipinski definition) is 7. The van der Waals surface area contributed by atoms with Crippen molar-refractivity contribution in [2.24, 2.45) is 0 Å². The molecule has 0 spiro atoms. The second-order valence-electron chi connectivity index (χ2n) is 9.18. The minimum Gasteiger partial charge on any atom is -0.247 e. The molecule has 2 aromatic carbocycles. The third-order valence-corrected chi connectivity index (χ3v) is 11.3. The maximum Gasteiger partial charge on any atom is 0.265 e. The Kier molecular flexibility index (Phi) is 10.2. The smallest absolute Gasteiger partial charge is 0.247 e. The van der Waals surface area contributed by atoms with Crippen LogP contribution >= 0.6 is 35.0 Å². The summed E-state index contributed by atoms with van der Waals surface area (Å²) in [7, 11) is -7.54. The van der Waals surface area contributed by atoms with Crippen LogP contribution in [0.15, 0.2) is 68.2 Å². The topological polar surface area (TPSA) is 109 Å². The predicted octanol–water partition coefficient (Wildman–Crippen LogP) is 6.64. The zero-order valence-electron chi connectivity index (χ0n) is 21.4. The van der Waals surface area contributed by atoms with Gasteiger partial charge >= 0.3 is 0 Å². The van der Waals surface area contributed by atoms with E-state index in [4.69, 9.17) is 23.2 Å². The van der Waals surface area contributed by atoms with Gasteiger partial charge in [0.05, 0.1) is 20.5 Å². The summed E-state index contributed by atoms with van der Waals surface area (Å²) in [6.07, 6.45) is 7.94. The number of hydrogen-bond donors (Lipinski definition) is 1. The normalized spacial score (nSPS) is 14.8. The van der Waals surface area contributed by atoms with Gasteiger partial charge in [-0.3, -0.25) is 0 Å². The summed E-state index contributed by atoms with van der Waals surface area (Å²) in [5.41, 5.74) is 0.702. The predicted molar refractivity (Wildman–Crippen MR) is 156 cm³/mol. The molecule has 1 aliphatic rings. The number of nitrogens with one attached hydrogen (secondary N) is 1. The fourth-order valence-electron chi connectivity index (χ4n) is 4.19. The summed E-state index contributed by atoms with van der Waals surface area (Å²) in [6, 6.07) is 10.9. The highest BCUT2D eigenvalue weighted by Crippen LogP contribution is 2.33. The first-order valence-electron chi connectivity index (χ1n) is 12.7. The van der Waals surface area contributed by atoms with Gasteiger partial charge in [0.2, 0.25) is 16.0 Å². The average Bonchev–Trinajstić information content (AvgIpc) is 2.90. The molecule has 1 N–H and O–H groups in total. The van der Waals surface area contributed by atoms with Crippen molar-refractivity contribution in [2.75, 3.05) is 17.8 Å². The van der Waals surface area contributed by atoms with Crippen molar-refractivity contribution in [3.8, 4) is 0 Å². The largest absolute Gasteiger partial charge is 0.265 e. The first-order valence-corrected chi connectivity index (χ1v) is 17.2. The van der Waals surface area contributed by atoms with Crippen molar-refractivity contribution in [3.05, 3.63) is 64.4 Å². The molecule has 1 fully saturated rings. The van der Waals surface area contributed by atoms with Gasteiger partial charge in [-0.1, -0.05) is 61.1 Å². The van der Waals surface area contributed by atoms with E-state index in [2.05, 4.69) is 21.6 Å². The molecule has 0 atom stereocenters. The Balaban J connectivity index is 1.55. The van der Waals surface area contributed by atoms with Gasteiger partial charge < -0.3 is 0 Å². The molecule has 0 aliphatic carbocycles. The molecule has 4 rings (SSSR count). The molecule has 0 unspecified atom stereocenters. The van der Waals surface area contributed by atoms with E-state index >= 15 is 0 Å². The molecular weight excluding hydrogens is 599 g/mol. The molecule has 0 amide bonds. The zero-order chi connectivity index (χ0) is 28.0. The highest BCUT2D eigenvalue weighted by Gasteiger charge is 2.26. The molecule has 39 heavy (non-hydrogen) atoms. The van der Waals surface area contributed by atoms with Crippen molar-refractivity contribution < 1.29 is 16.8 Å². The highest BCUT2D eigenvalue weighted by molar-refractivity contribution is 7.99. The fourth-order valence-corrected chi connectivity index (χ4v) is 8.33. The Morgan fingerprint density at radius 2 is 1.69 bits per heavy atom. The Morgan fingerprint density at radius 3 is 2.36 bits per heavy atom. The zero-order valence-corrected chi connectivity index (χ0v) is 25.4. The van der Waals surface area contributed by atoms with Crippen molar-refractivity contribution in [3.63, 3.8) is 0 Å². The lowest BCUT2D eigenvalue weighted by Gasteiger charge is -2.25. The van der Waals surface area contributed by atoms with Crippen LogP contribution in [0.4, 0.5) is 5.95 Å². The summed E-state index contributed by atoms with van der Waals surface area (Å²) in [4.78, 5) is 10.5. The van der Waals surface area contributed by atoms with Crippen molar-refractivity contribution >= 4 is 61.0 Å². The van der Waals surface area contributed by atoms with E-state index in [0.29, 0.717) is 30.2 Å². The highest BCUT2D eigenvalue weighted by atomic mass is 35.5. The van der Waals surface area contributed by atoms with Crippen LogP contribution in [0.3, 0.4) is 0 Å². The van der Waals surface area contributed by atoms with Crippen LogP contribution in [0.2, 0.25) is 10.0 Å². The van der Waals surface area contributed by atoms with Gasteiger partial charge in [0, 0.05) is 29.2 Å². The third kappa shape index (κ3) is 7.65. The van der Waals surface area contributed by atoms with Gasteiger partial charge in [0.25, 0.3) is 10.0 Å². The van der Waals surface area contributed by atoms with Gasteiger partial charge in [-0.2, -0.15) is 4.31 Å². The lowest BCUT2D eigenvalue weighted by atomic mass is 10.1. The molecule has 8 nitrogen and oxygen atoms in total. The minimum absolute atomic E-state index is 0.00362. The van der Waals surface area contributed by atoms with Crippen LogP contribution in [0.25, 0.3) is 0 Å². The number of halogens is 2. The Labute approximate surface area is 244 Å². The number of aromatic nitrogens is 2. The van der Waals surface area contributed by atoms with E-state index in [1.54, 1.807) is 34.8 Å². The second kappa shape index (κ2) is 13.2. The number of anilines is 1. The third-order valence-electron chi connectivity index (χ3n) is 6.26. The van der Waals surface area contributed by atoms with Crippen LogP contribution in [0, 0.1) is 0 Å². The Hall–Kier alpha value is -1.89. The van der Waals surface area contributed by atoms with Crippen molar-refractivity contribution in [2.45, 2.75) is 71.5 Å². The van der Waals surface area contributed by atoms with E-state index in [9.17, 15) is 16.8 Å². The average molecular weight is 630 g/mol. The number of rotatable bonds is 11. The quantitative estimate of drug-likeness (QED) is 0.237. The summed E-state index contributed by atoms with van der Waals surface area (Å²) in [5.74, 6) is -0.0557. The van der Waals surface area contributed by atoms with Crippen LogP contribution in [0.5, 0.6) is 0 Å². The lowest BCUT2D eigenvalue weighted by Crippen LogP contribution is -2.35. The van der Waals surface area contributed by atoms with Gasteiger partial charge in [0.15, 0.2) is 0 Å². The summed E-state index contributed by atoms with van der Waals surface area (Å²) in [5, 5.41) is 0.322. The first kappa shape index (κ1) is 30.1. The molecule has 0 saturated carbocycles. The van der Waals surface area contributed by atoms with Gasteiger partial charge in [-0.15, -0.1) is 0 Å². The lowest BCUT2D eigenvalue weighted by molar-refractivity contribution is 0.346. The van der Waals surface area contributed by atoms with E-state index in [0.717, 1.165) is 48.3 Å². The SMILES string of the molecule is CCCCCc1nc(NS(=O)(=O)c2ccc(Cl)cc2Cl)ncc1Sc1ccc(S(=O)(=O)N2CCCCC2)cc1. The van der Waals surface area contributed by atoms with Crippen LogP contribution in [-0.2, 0) is 26.5 Å². The first-order chi connectivity index (χ1) is 18.6. The Morgan fingerprint density at radius 1 is 0.974 bits per heavy atom. The molecule has 1 aromatic heterocycles. The van der Waals surface area contributed by atoms with Crippen LogP contribution in [-0.4, -0.2) is 44.2 Å². The van der Waals surface area contributed by atoms with Gasteiger partial charge in [0.1, 0.15) is 4.90 Å². The molecule has 210 valence electrons. The number of piperidine rings is 1. The molecule has 1 aliphatic heterocycles. The second-order valence-corrected chi connectivity index (χ2v) is 14.7. The maximum absolute atomic E-state index is 13.0. The van der Waals surface area contributed by atoms with Crippen molar-refractivity contribution in [1.29, 1.82) is 0 Å². The number of nitrogens with zero attached hydrogens (tertiary/aromatic N) is 3. The molecule has 0 bridgehead atoms. The van der Waals surface area contributed by atoms with E-state index in [1.807, 2.05) is 0 Å². The molecule has 1 saturated heterocycles. The van der Waals surface area contributed by atoms with E-state index in [-0.39, 0.29) is 20.8 Å². The molecule has 13 heteroatoms. The molecule has 2 heterocycles. The van der Waals surface area contributed by atoms with Crippen LogP contribution in [0.1, 0.15) is 51.1 Å². The van der Waals surface area contributed by atoms with Gasteiger partial charge in [-0.05, 0) is 68.1 Å². The van der Waals surface area contributed by atoms with E-state index < -0.39 is 20.0 Å². The summed E-state index contributed by atoms with van der Waals surface area (Å²) >= 11 is 13.4. The number of benzene rings is 2. The van der Waals surface area contributed by atoms with E-state index in [1.165, 1.54) is 30.0 Å². The van der Waals surface area contributed by atoms with Gasteiger partial charge in [-0.25, -0.2) is 31.5 Å². The maximum atomic E-state index is 13.0. The number of unbranched alkanes of at least 4 members (excludes halogenated alkanes) is 2.